The number of benzene rings is 1. The Morgan fingerprint density at radius 1 is 1.20 bits per heavy atom. The van der Waals surface area contributed by atoms with Gasteiger partial charge >= 0.3 is 17.1 Å². The van der Waals surface area contributed by atoms with E-state index in [1.165, 1.54) is 12.1 Å². The van der Waals surface area contributed by atoms with Gasteiger partial charge in [-0.05, 0) is 24.6 Å². The van der Waals surface area contributed by atoms with E-state index in [4.69, 9.17) is 4.74 Å². The molecule has 0 fully saturated rings. The Bertz CT molecular complexity index is 722. The average molecular weight is 376 g/mol. The van der Waals surface area contributed by atoms with Gasteiger partial charge in [-0.3, -0.25) is 0 Å². The molecule has 0 aromatic heterocycles. The van der Waals surface area contributed by atoms with Crippen LogP contribution in [-0.2, 0) is 17.1 Å². The minimum absolute atomic E-state index is 0. The van der Waals surface area contributed by atoms with E-state index in [-0.39, 0.29) is 34.1 Å². The molecule has 3 nitrogen and oxygen atoms in total. The molecular formula is C21H20FeO3. The monoisotopic (exact) mass is 376 g/mol. The first-order valence-corrected chi connectivity index (χ1v) is 7.77. The van der Waals surface area contributed by atoms with E-state index in [1.807, 2.05) is 61.6 Å². The first kappa shape index (κ1) is 20.5. The summed E-state index contributed by atoms with van der Waals surface area (Å²) in [7, 11) is 0. The summed E-state index contributed by atoms with van der Waals surface area (Å²) in [6.45, 7) is 2.38. The summed E-state index contributed by atoms with van der Waals surface area (Å²) in [5, 5.41) is 21.8. The number of rotatable bonds is 4. The molecule has 25 heavy (non-hydrogen) atoms. The quantitative estimate of drug-likeness (QED) is 0.500. The van der Waals surface area contributed by atoms with Crippen molar-refractivity contribution < 1.29 is 32.0 Å². The van der Waals surface area contributed by atoms with Crippen LogP contribution < -0.4 is 9.84 Å². The summed E-state index contributed by atoms with van der Waals surface area (Å²) in [6, 6.07) is 14.7. The molecule has 130 valence electrons. The van der Waals surface area contributed by atoms with Crippen LogP contribution in [-0.4, -0.2) is 11.7 Å². The van der Waals surface area contributed by atoms with Crippen LogP contribution in [0.1, 0.15) is 12.5 Å². The number of phenolic OH excluding ortho intramolecular Hbond substituents is 1. The van der Waals surface area contributed by atoms with Crippen LogP contribution in [0, 0.1) is 0 Å². The van der Waals surface area contributed by atoms with Gasteiger partial charge in [-0.25, -0.2) is 12.1 Å². The van der Waals surface area contributed by atoms with Gasteiger partial charge in [0.25, 0.3) is 0 Å². The van der Waals surface area contributed by atoms with Crippen molar-refractivity contribution in [3.05, 3.63) is 96.1 Å². The summed E-state index contributed by atoms with van der Waals surface area (Å²) >= 11 is 0. The number of ether oxygens (including phenoxy) is 1. The van der Waals surface area contributed by atoms with Crippen molar-refractivity contribution in [3.8, 4) is 11.5 Å². The van der Waals surface area contributed by atoms with Gasteiger partial charge in [0, 0.05) is 11.6 Å². The maximum Gasteiger partial charge on any atom is 2.00 e. The smallest absolute Gasteiger partial charge is 0.872 e. The summed E-state index contributed by atoms with van der Waals surface area (Å²) in [5.41, 5.74) is 1.23. The van der Waals surface area contributed by atoms with Crippen LogP contribution in [0.3, 0.4) is 0 Å². The second-order valence-electron chi connectivity index (χ2n) is 4.99. The maximum atomic E-state index is 11.9. The third-order valence-electron chi connectivity index (χ3n) is 3.22. The van der Waals surface area contributed by atoms with Crippen LogP contribution >= 0.6 is 0 Å². The minimum Gasteiger partial charge on any atom is -0.872 e. The van der Waals surface area contributed by atoms with Crippen molar-refractivity contribution in [2.24, 2.45) is 0 Å². The fourth-order valence-corrected chi connectivity index (χ4v) is 2.06. The van der Waals surface area contributed by atoms with Crippen molar-refractivity contribution in [3.63, 3.8) is 0 Å². The molecular weight excluding hydrogens is 356 g/mol. The second kappa shape index (κ2) is 11.1. The first-order chi connectivity index (χ1) is 11.7. The summed E-state index contributed by atoms with van der Waals surface area (Å²) < 4.78 is 5.25. The van der Waals surface area contributed by atoms with Crippen LogP contribution in [0.2, 0.25) is 0 Å². The van der Waals surface area contributed by atoms with E-state index in [1.54, 1.807) is 18.2 Å². The number of phenols is 1. The van der Waals surface area contributed by atoms with Gasteiger partial charge in [-0.15, -0.1) is 0 Å². The summed E-state index contributed by atoms with van der Waals surface area (Å²) in [6.07, 6.45) is 10.8. The zero-order valence-corrected chi connectivity index (χ0v) is 15.0. The minimum atomic E-state index is -0.234. The topological polar surface area (TPSA) is 52.5 Å². The molecule has 3 rings (SSSR count). The Balaban J connectivity index is 0.000000448. The molecule has 1 aliphatic carbocycles. The molecule has 0 spiro atoms. The fourth-order valence-electron chi connectivity index (χ4n) is 2.06. The third-order valence-corrected chi connectivity index (χ3v) is 3.22. The molecule has 0 amide bonds. The fraction of sp³-hybridized carbons (Fsp3) is 0.0952. The van der Waals surface area contributed by atoms with Crippen LogP contribution in [0.15, 0.2) is 90.6 Å². The van der Waals surface area contributed by atoms with Gasteiger partial charge in [0.15, 0.2) is 0 Å². The van der Waals surface area contributed by atoms with E-state index >= 15 is 0 Å². The van der Waals surface area contributed by atoms with E-state index in [2.05, 4.69) is 0 Å². The van der Waals surface area contributed by atoms with Gasteiger partial charge < -0.3 is 14.9 Å². The molecule has 0 saturated heterocycles. The number of hydrogen-bond donors (Lipinski definition) is 1. The molecule has 0 saturated carbocycles. The van der Waals surface area contributed by atoms with E-state index < -0.39 is 0 Å². The summed E-state index contributed by atoms with van der Waals surface area (Å²) in [4.78, 5) is 0. The number of hydrogen-bond acceptors (Lipinski definition) is 3. The number of aromatic hydroxyl groups is 1. The molecule has 0 aliphatic heterocycles. The number of allylic oxidation sites excluding steroid dienone is 7. The Labute approximate surface area is 159 Å². The predicted octanol–water partition coefficient (Wildman–Crippen LogP) is 3.95. The van der Waals surface area contributed by atoms with Crippen molar-refractivity contribution in [1.82, 2.24) is 0 Å². The Morgan fingerprint density at radius 3 is 2.40 bits per heavy atom. The average Bonchev–Trinajstić information content (AvgIpc) is 3.29. The maximum absolute atomic E-state index is 11.9. The molecule has 1 aliphatic rings. The Morgan fingerprint density at radius 2 is 1.88 bits per heavy atom. The SMILES string of the molecule is CCOc1ccc(C([O-])=CC=C2C=CC=C2)c(O)c1.[Fe+2].c1cc[cH-]c1. The normalized spacial score (nSPS) is 12.2. The van der Waals surface area contributed by atoms with Crippen LogP contribution in [0.4, 0.5) is 0 Å². The standard InChI is InChI=1S/C16H16O3.C5H5.Fe/c1-2-19-13-8-9-14(16(18)11-13)15(17)10-7-12-5-3-4-6-12;1-2-4-5-3-1;/h3-11,17-18H,2H2,1H3;1-5H;/q;-1;+2/p-1. The zero-order chi connectivity index (χ0) is 17.2. The largest absolute Gasteiger partial charge is 2.00 e. The van der Waals surface area contributed by atoms with E-state index in [0.29, 0.717) is 12.4 Å². The predicted molar refractivity (Wildman–Crippen MR) is 95.7 cm³/mol. The Kier molecular flexibility index (Phi) is 9.08. The molecule has 2 aromatic carbocycles. The second-order valence-corrected chi connectivity index (χ2v) is 4.99. The molecule has 0 atom stereocenters. The molecule has 0 radical (unpaired) electrons. The van der Waals surface area contributed by atoms with Crippen LogP contribution in [0.25, 0.3) is 5.76 Å². The van der Waals surface area contributed by atoms with Gasteiger partial charge in [-0.1, -0.05) is 42.2 Å². The van der Waals surface area contributed by atoms with E-state index in [0.717, 1.165) is 5.57 Å². The van der Waals surface area contributed by atoms with Crippen molar-refractivity contribution in [2.45, 2.75) is 6.92 Å². The first-order valence-electron chi connectivity index (χ1n) is 7.77. The molecule has 0 heterocycles. The van der Waals surface area contributed by atoms with Crippen molar-refractivity contribution in [1.29, 1.82) is 0 Å². The van der Waals surface area contributed by atoms with Crippen LogP contribution in [0.5, 0.6) is 11.5 Å². The van der Waals surface area contributed by atoms with Gasteiger partial charge in [-0.2, -0.15) is 18.2 Å². The molecule has 2 aromatic rings. The third kappa shape index (κ3) is 6.84. The molecule has 1 N–H and O–H groups in total. The Hall–Kier alpha value is -2.55. The summed E-state index contributed by atoms with van der Waals surface area (Å²) in [5.74, 6) is 0.251. The molecule has 4 heteroatoms. The molecule has 0 bridgehead atoms. The van der Waals surface area contributed by atoms with Gasteiger partial charge in [0.1, 0.15) is 11.5 Å². The zero-order valence-electron chi connectivity index (χ0n) is 13.9. The van der Waals surface area contributed by atoms with Gasteiger partial charge in [0.2, 0.25) is 0 Å². The molecule has 0 unspecified atom stereocenters. The van der Waals surface area contributed by atoms with Crippen molar-refractivity contribution in [2.75, 3.05) is 6.61 Å². The van der Waals surface area contributed by atoms with Gasteiger partial charge in [0.05, 0.1) is 6.61 Å². The van der Waals surface area contributed by atoms with E-state index in [9.17, 15) is 10.2 Å². The van der Waals surface area contributed by atoms with Crippen molar-refractivity contribution >= 4 is 5.76 Å².